The Kier molecular flexibility index (Phi) is 4.04. The molecule has 0 amide bonds. The van der Waals surface area contributed by atoms with Gasteiger partial charge in [-0.15, -0.1) is 0 Å². The molecule has 0 spiro atoms. The minimum Gasteiger partial charge on any atom is -0.312 e. The van der Waals surface area contributed by atoms with Crippen LogP contribution in [0.25, 0.3) is 0 Å². The Morgan fingerprint density at radius 1 is 1.27 bits per heavy atom. The van der Waals surface area contributed by atoms with Gasteiger partial charge in [0.1, 0.15) is 0 Å². The van der Waals surface area contributed by atoms with Crippen LogP contribution in [0.2, 0.25) is 0 Å². The first-order valence-electron chi connectivity index (χ1n) is 6.70. The molecule has 1 saturated carbocycles. The summed E-state index contributed by atoms with van der Waals surface area (Å²) < 4.78 is 0. The smallest absolute Gasteiger partial charge is 0.0167 e. The Bertz CT molecular complexity index is 173. The molecular weight excluding hydrogens is 184 g/mol. The molecule has 2 rings (SSSR count). The highest BCUT2D eigenvalue weighted by atomic mass is 15.2. The molecule has 0 aromatic heterocycles. The molecule has 2 nitrogen and oxygen atoms in total. The lowest BCUT2D eigenvalue weighted by molar-refractivity contribution is 0.148. The second-order valence-electron chi connectivity index (χ2n) is 5.75. The summed E-state index contributed by atoms with van der Waals surface area (Å²) in [6.07, 6.45) is 5.88. The Morgan fingerprint density at radius 2 is 2.13 bits per heavy atom. The molecule has 2 fully saturated rings. The van der Waals surface area contributed by atoms with Crippen LogP contribution in [0, 0.1) is 11.8 Å². The summed E-state index contributed by atoms with van der Waals surface area (Å²) in [4.78, 5) is 2.67. The Balaban J connectivity index is 1.75. The van der Waals surface area contributed by atoms with E-state index in [1.54, 1.807) is 0 Å². The predicted molar refractivity (Wildman–Crippen MR) is 65.0 cm³/mol. The van der Waals surface area contributed by atoms with Gasteiger partial charge in [0.25, 0.3) is 0 Å². The van der Waals surface area contributed by atoms with Gasteiger partial charge in [0.15, 0.2) is 0 Å². The van der Waals surface area contributed by atoms with Gasteiger partial charge in [-0.1, -0.05) is 19.8 Å². The van der Waals surface area contributed by atoms with Crippen molar-refractivity contribution in [3.05, 3.63) is 0 Å². The normalized spacial score (nSPS) is 39.2. The minimum atomic E-state index is 0.694. The van der Waals surface area contributed by atoms with Crippen molar-refractivity contribution in [2.75, 3.05) is 26.2 Å². The molecule has 1 aliphatic heterocycles. The van der Waals surface area contributed by atoms with E-state index in [1.165, 1.54) is 51.9 Å². The molecular formula is C13H26N2. The lowest BCUT2D eigenvalue weighted by Gasteiger charge is -2.36. The molecule has 1 N–H and O–H groups in total. The molecule has 0 aromatic rings. The van der Waals surface area contributed by atoms with Crippen molar-refractivity contribution in [1.29, 1.82) is 0 Å². The Hall–Kier alpha value is -0.0800. The molecule has 1 aliphatic carbocycles. The van der Waals surface area contributed by atoms with Gasteiger partial charge in [-0.3, -0.25) is 0 Å². The van der Waals surface area contributed by atoms with Crippen molar-refractivity contribution in [3.63, 3.8) is 0 Å². The molecule has 0 radical (unpaired) electrons. The lowest BCUT2D eigenvalue weighted by atomic mass is 9.82. The van der Waals surface area contributed by atoms with E-state index in [2.05, 4.69) is 24.1 Å². The van der Waals surface area contributed by atoms with Crippen LogP contribution in [0.15, 0.2) is 0 Å². The van der Waals surface area contributed by atoms with Gasteiger partial charge in [-0.25, -0.2) is 0 Å². The van der Waals surface area contributed by atoms with Gasteiger partial charge in [-0.05, 0) is 31.6 Å². The monoisotopic (exact) mass is 210 g/mol. The van der Waals surface area contributed by atoms with Crippen molar-refractivity contribution in [2.45, 2.75) is 45.6 Å². The summed E-state index contributed by atoms with van der Waals surface area (Å²) in [5.74, 6) is 1.96. The van der Waals surface area contributed by atoms with Crippen LogP contribution in [0.5, 0.6) is 0 Å². The quantitative estimate of drug-likeness (QED) is 0.751. The molecule has 2 aliphatic rings. The lowest BCUT2D eigenvalue weighted by Crippen LogP contribution is -2.50. The van der Waals surface area contributed by atoms with Gasteiger partial charge in [0, 0.05) is 32.2 Å². The third-order valence-corrected chi connectivity index (χ3v) is 4.01. The van der Waals surface area contributed by atoms with Crippen LogP contribution in [-0.2, 0) is 0 Å². The van der Waals surface area contributed by atoms with Gasteiger partial charge >= 0.3 is 0 Å². The van der Waals surface area contributed by atoms with Crippen molar-refractivity contribution in [2.24, 2.45) is 11.8 Å². The molecule has 15 heavy (non-hydrogen) atoms. The topological polar surface area (TPSA) is 15.3 Å². The van der Waals surface area contributed by atoms with Crippen molar-refractivity contribution >= 4 is 0 Å². The average molecular weight is 210 g/mol. The van der Waals surface area contributed by atoms with E-state index < -0.39 is 0 Å². The second-order valence-corrected chi connectivity index (χ2v) is 5.75. The zero-order chi connectivity index (χ0) is 10.7. The van der Waals surface area contributed by atoms with Gasteiger partial charge < -0.3 is 10.2 Å². The fourth-order valence-electron chi connectivity index (χ4n) is 3.27. The van der Waals surface area contributed by atoms with Crippen LogP contribution >= 0.6 is 0 Å². The molecule has 1 saturated heterocycles. The van der Waals surface area contributed by atoms with Crippen LogP contribution in [0.3, 0.4) is 0 Å². The summed E-state index contributed by atoms with van der Waals surface area (Å²) in [6.45, 7) is 9.78. The fourth-order valence-corrected chi connectivity index (χ4v) is 3.27. The zero-order valence-electron chi connectivity index (χ0n) is 10.3. The average Bonchev–Trinajstić information content (AvgIpc) is 2.17. The number of nitrogens with zero attached hydrogens (tertiary/aromatic N) is 1. The Morgan fingerprint density at radius 3 is 2.87 bits per heavy atom. The van der Waals surface area contributed by atoms with Gasteiger partial charge in [0.2, 0.25) is 0 Å². The number of rotatable bonds is 2. The van der Waals surface area contributed by atoms with E-state index in [4.69, 9.17) is 0 Å². The van der Waals surface area contributed by atoms with E-state index in [-0.39, 0.29) is 0 Å². The highest BCUT2D eigenvalue weighted by molar-refractivity contribution is 4.79. The van der Waals surface area contributed by atoms with Crippen molar-refractivity contribution in [3.8, 4) is 0 Å². The van der Waals surface area contributed by atoms with E-state index in [0.29, 0.717) is 6.04 Å². The molecule has 0 bridgehead atoms. The van der Waals surface area contributed by atoms with E-state index >= 15 is 0 Å². The first-order chi connectivity index (χ1) is 7.24. The zero-order valence-corrected chi connectivity index (χ0v) is 10.3. The minimum absolute atomic E-state index is 0.694. The predicted octanol–water partition coefficient (Wildman–Crippen LogP) is 2.11. The van der Waals surface area contributed by atoms with E-state index in [1.807, 2.05) is 0 Å². The number of piperazine rings is 1. The Labute approximate surface area is 94.4 Å². The standard InChI is InChI=1S/C13H26N2/c1-11-4-3-5-13(8-11)10-15-7-6-14-12(2)9-15/h11-14H,3-10H2,1-2H3/t11?,12-,13?/m1/s1. The van der Waals surface area contributed by atoms with Gasteiger partial charge in [0.05, 0.1) is 0 Å². The molecule has 88 valence electrons. The maximum atomic E-state index is 3.52. The number of hydrogen-bond acceptors (Lipinski definition) is 2. The number of nitrogens with one attached hydrogen (secondary N) is 1. The molecule has 3 atom stereocenters. The highest BCUT2D eigenvalue weighted by Crippen LogP contribution is 2.29. The molecule has 0 aromatic carbocycles. The third kappa shape index (κ3) is 3.46. The van der Waals surface area contributed by atoms with Crippen LogP contribution in [0.4, 0.5) is 0 Å². The fraction of sp³-hybridized carbons (Fsp3) is 1.00. The SMILES string of the molecule is CC1CCCC(CN2CCN[C@H](C)C2)C1. The maximum absolute atomic E-state index is 3.52. The molecule has 1 heterocycles. The highest BCUT2D eigenvalue weighted by Gasteiger charge is 2.23. The summed E-state index contributed by atoms with van der Waals surface area (Å²) >= 11 is 0. The summed E-state index contributed by atoms with van der Waals surface area (Å²) in [5, 5.41) is 3.52. The first-order valence-corrected chi connectivity index (χ1v) is 6.70. The number of hydrogen-bond donors (Lipinski definition) is 1. The molecule has 2 heteroatoms. The summed E-state index contributed by atoms with van der Waals surface area (Å²) in [7, 11) is 0. The summed E-state index contributed by atoms with van der Waals surface area (Å²) in [5.41, 5.74) is 0. The van der Waals surface area contributed by atoms with E-state index in [9.17, 15) is 0 Å². The molecule has 2 unspecified atom stereocenters. The summed E-state index contributed by atoms with van der Waals surface area (Å²) in [6, 6.07) is 0.694. The van der Waals surface area contributed by atoms with Crippen LogP contribution in [0.1, 0.15) is 39.5 Å². The van der Waals surface area contributed by atoms with E-state index in [0.717, 1.165) is 11.8 Å². The van der Waals surface area contributed by atoms with Crippen LogP contribution in [-0.4, -0.2) is 37.1 Å². The second kappa shape index (κ2) is 5.31. The van der Waals surface area contributed by atoms with Crippen LogP contribution < -0.4 is 5.32 Å². The maximum Gasteiger partial charge on any atom is 0.0167 e. The third-order valence-electron chi connectivity index (χ3n) is 4.01. The van der Waals surface area contributed by atoms with Crippen molar-refractivity contribution < 1.29 is 0 Å². The first kappa shape index (κ1) is 11.4. The largest absolute Gasteiger partial charge is 0.312 e. The van der Waals surface area contributed by atoms with Gasteiger partial charge in [-0.2, -0.15) is 0 Å². The van der Waals surface area contributed by atoms with Crippen molar-refractivity contribution in [1.82, 2.24) is 10.2 Å².